The molecule has 1 saturated heterocycles. The molecule has 0 spiro atoms. The van der Waals surface area contributed by atoms with E-state index in [0.717, 1.165) is 19.5 Å². The SMILES string of the molecule is CN(C)C(=O)C1CN(C2CCN=CC2N)CCO1. The molecule has 2 rings (SSSR count). The number of rotatable bonds is 2. The summed E-state index contributed by atoms with van der Waals surface area (Å²) in [6, 6.07) is 0.246. The molecule has 0 bridgehead atoms. The van der Waals surface area contributed by atoms with Crippen molar-refractivity contribution in [2.24, 2.45) is 10.7 Å². The van der Waals surface area contributed by atoms with E-state index < -0.39 is 0 Å². The average molecular weight is 254 g/mol. The van der Waals surface area contributed by atoms with Gasteiger partial charge in [0.05, 0.1) is 12.6 Å². The quantitative estimate of drug-likeness (QED) is 0.682. The minimum atomic E-state index is -0.361. The number of nitrogens with zero attached hydrogens (tertiary/aromatic N) is 3. The summed E-state index contributed by atoms with van der Waals surface area (Å²) in [6.45, 7) is 2.87. The van der Waals surface area contributed by atoms with Crippen molar-refractivity contribution in [2.45, 2.75) is 24.6 Å². The number of carbonyl (C=O) groups is 1. The van der Waals surface area contributed by atoms with Crippen LogP contribution in [-0.2, 0) is 9.53 Å². The molecule has 0 saturated carbocycles. The molecule has 6 heteroatoms. The van der Waals surface area contributed by atoms with Gasteiger partial charge in [0.1, 0.15) is 6.10 Å². The Labute approximate surface area is 108 Å². The number of morpholine rings is 1. The van der Waals surface area contributed by atoms with Crippen molar-refractivity contribution in [3.63, 3.8) is 0 Å². The number of aliphatic imine (C=N–C) groups is 1. The summed E-state index contributed by atoms with van der Waals surface area (Å²) in [6.07, 6.45) is 2.42. The van der Waals surface area contributed by atoms with E-state index in [-0.39, 0.29) is 24.1 Å². The van der Waals surface area contributed by atoms with E-state index in [2.05, 4.69) is 9.89 Å². The lowest BCUT2D eigenvalue weighted by Crippen LogP contribution is -2.58. The summed E-state index contributed by atoms with van der Waals surface area (Å²) < 4.78 is 5.55. The molecule has 0 aromatic heterocycles. The van der Waals surface area contributed by atoms with Crippen LogP contribution in [0.1, 0.15) is 6.42 Å². The number of ether oxygens (including phenoxy) is 1. The third-order valence-corrected chi connectivity index (χ3v) is 3.56. The highest BCUT2D eigenvalue weighted by atomic mass is 16.5. The van der Waals surface area contributed by atoms with Crippen molar-refractivity contribution in [3.8, 4) is 0 Å². The second-order valence-electron chi connectivity index (χ2n) is 5.08. The maximum atomic E-state index is 11.9. The first-order valence-corrected chi connectivity index (χ1v) is 6.42. The van der Waals surface area contributed by atoms with Crippen molar-refractivity contribution in [3.05, 3.63) is 0 Å². The van der Waals surface area contributed by atoms with Crippen LogP contribution in [0.15, 0.2) is 4.99 Å². The summed E-state index contributed by atoms with van der Waals surface area (Å²) in [5, 5.41) is 0. The van der Waals surface area contributed by atoms with Crippen LogP contribution in [0.3, 0.4) is 0 Å². The second-order valence-corrected chi connectivity index (χ2v) is 5.08. The summed E-state index contributed by atoms with van der Waals surface area (Å²) in [4.78, 5) is 20.0. The van der Waals surface area contributed by atoms with Crippen molar-refractivity contribution >= 4 is 12.1 Å². The molecule has 1 fully saturated rings. The first-order valence-electron chi connectivity index (χ1n) is 6.42. The molecule has 1 amide bonds. The molecule has 2 aliphatic rings. The third kappa shape index (κ3) is 2.88. The van der Waals surface area contributed by atoms with E-state index in [1.54, 1.807) is 19.0 Å². The van der Waals surface area contributed by atoms with Gasteiger partial charge in [0.15, 0.2) is 0 Å². The summed E-state index contributed by atoms with van der Waals surface area (Å²) in [5.41, 5.74) is 6.06. The van der Waals surface area contributed by atoms with Crippen LogP contribution in [0, 0.1) is 0 Å². The summed E-state index contributed by atoms with van der Waals surface area (Å²) >= 11 is 0. The van der Waals surface area contributed by atoms with Gasteiger partial charge in [-0.3, -0.25) is 14.7 Å². The Morgan fingerprint density at radius 3 is 3.00 bits per heavy atom. The number of carbonyl (C=O) groups excluding carboxylic acids is 1. The molecule has 18 heavy (non-hydrogen) atoms. The van der Waals surface area contributed by atoms with Crippen LogP contribution in [0.4, 0.5) is 0 Å². The lowest BCUT2D eigenvalue weighted by atomic mass is 10.0. The highest BCUT2D eigenvalue weighted by Crippen LogP contribution is 2.16. The van der Waals surface area contributed by atoms with Gasteiger partial charge in [-0.1, -0.05) is 0 Å². The van der Waals surface area contributed by atoms with Crippen molar-refractivity contribution in [1.29, 1.82) is 0 Å². The topological polar surface area (TPSA) is 71.2 Å². The predicted octanol–water partition coefficient (Wildman–Crippen LogP) is -1.05. The zero-order chi connectivity index (χ0) is 13.1. The molecule has 102 valence electrons. The number of likely N-dealkylation sites (N-methyl/N-ethyl adjacent to an activating group) is 1. The molecule has 2 N–H and O–H groups in total. The van der Waals surface area contributed by atoms with Gasteiger partial charge in [-0.15, -0.1) is 0 Å². The van der Waals surface area contributed by atoms with Crippen LogP contribution in [-0.4, -0.2) is 80.4 Å². The van der Waals surface area contributed by atoms with Gasteiger partial charge in [-0.25, -0.2) is 0 Å². The van der Waals surface area contributed by atoms with E-state index in [9.17, 15) is 4.79 Å². The normalized spacial score (nSPS) is 33.4. The number of amides is 1. The zero-order valence-electron chi connectivity index (χ0n) is 11.1. The van der Waals surface area contributed by atoms with Gasteiger partial charge in [-0.2, -0.15) is 0 Å². The highest BCUT2D eigenvalue weighted by Gasteiger charge is 2.33. The molecule has 0 aromatic rings. The Bertz CT molecular complexity index is 332. The standard InChI is InChI=1S/C12H22N4O2/c1-15(2)12(17)11-8-16(5-6-18-11)10-3-4-14-7-9(10)13/h7,9-11H,3-6,8,13H2,1-2H3. The van der Waals surface area contributed by atoms with E-state index in [4.69, 9.17) is 10.5 Å². The van der Waals surface area contributed by atoms with Gasteiger partial charge in [-0.05, 0) is 6.42 Å². The average Bonchev–Trinajstić information content (AvgIpc) is 2.38. The fourth-order valence-electron chi connectivity index (χ4n) is 2.53. The Morgan fingerprint density at radius 2 is 2.33 bits per heavy atom. The Hall–Kier alpha value is -0.980. The van der Waals surface area contributed by atoms with Gasteiger partial charge < -0.3 is 15.4 Å². The monoisotopic (exact) mass is 254 g/mol. The van der Waals surface area contributed by atoms with Crippen LogP contribution >= 0.6 is 0 Å². The minimum Gasteiger partial charge on any atom is -0.366 e. The largest absolute Gasteiger partial charge is 0.366 e. The minimum absolute atomic E-state index is 0.0257. The van der Waals surface area contributed by atoms with Crippen molar-refractivity contribution < 1.29 is 9.53 Å². The number of hydrogen-bond donors (Lipinski definition) is 1. The molecule has 3 unspecified atom stereocenters. The second kappa shape index (κ2) is 5.77. The molecule has 0 aliphatic carbocycles. The molecule has 2 heterocycles. The van der Waals surface area contributed by atoms with Gasteiger partial charge in [0, 0.05) is 46.0 Å². The predicted molar refractivity (Wildman–Crippen MR) is 69.7 cm³/mol. The van der Waals surface area contributed by atoms with Gasteiger partial charge >= 0.3 is 0 Å². The fourth-order valence-corrected chi connectivity index (χ4v) is 2.53. The Balaban J connectivity index is 1.98. The van der Waals surface area contributed by atoms with Crippen molar-refractivity contribution in [2.75, 3.05) is 40.3 Å². The van der Waals surface area contributed by atoms with Gasteiger partial charge in [0.25, 0.3) is 5.91 Å². The maximum absolute atomic E-state index is 11.9. The first-order chi connectivity index (χ1) is 8.59. The lowest BCUT2D eigenvalue weighted by molar-refractivity contribution is -0.148. The molecule has 0 radical (unpaired) electrons. The van der Waals surface area contributed by atoms with E-state index in [1.165, 1.54) is 0 Å². The van der Waals surface area contributed by atoms with Crippen LogP contribution < -0.4 is 5.73 Å². The summed E-state index contributed by atoms with van der Waals surface area (Å²) in [5.74, 6) is 0.0257. The Morgan fingerprint density at radius 1 is 1.56 bits per heavy atom. The van der Waals surface area contributed by atoms with Crippen molar-refractivity contribution in [1.82, 2.24) is 9.80 Å². The van der Waals surface area contributed by atoms with Crippen LogP contribution in [0.25, 0.3) is 0 Å². The first kappa shape index (κ1) is 13.5. The number of hydrogen-bond acceptors (Lipinski definition) is 5. The lowest BCUT2D eigenvalue weighted by Gasteiger charge is -2.40. The van der Waals surface area contributed by atoms with Crippen LogP contribution in [0.2, 0.25) is 0 Å². The summed E-state index contributed by atoms with van der Waals surface area (Å²) in [7, 11) is 3.51. The van der Waals surface area contributed by atoms with E-state index in [1.807, 2.05) is 6.21 Å². The third-order valence-electron chi connectivity index (χ3n) is 3.56. The molecule has 2 aliphatic heterocycles. The molecule has 3 atom stereocenters. The highest BCUT2D eigenvalue weighted by molar-refractivity contribution is 5.80. The van der Waals surface area contributed by atoms with E-state index >= 15 is 0 Å². The Kier molecular flexibility index (Phi) is 4.31. The molecule has 0 aromatic carbocycles. The molecular formula is C12H22N4O2. The maximum Gasteiger partial charge on any atom is 0.252 e. The fraction of sp³-hybridized carbons (Fsp3) is 0.833. The molecule has 6 nitrogen and oxygen atoms in total. The van der Waals surface area contributed by atoms with Gasteiger partial charge in [0.2, 0.25) is 0 Å². The zero-order valence-corrected chi connectivity index (χ0v) is 11.1. The number of nitrogens with two attached hydrogens (primary N) is 1. The smallest absolute Gasteiger partial charge is 0.252 e. The van der Waals surface area contributed by atoms with E-state index in [0.29, 0.717) is 13.2 Å². The van der Waals surface area contributed by atoms with Crippen LogP contribution in [0.5, 0.6) is 0 Å². The molecular weight excluding hydrogens is 232 g/mol.